The Morgan fingerprint density at radius 1 is 1.32 bits per heavy atom. The lowest BCUT2D eigenvalue weighted by molar-refractivity contribution is 0.102. The van der Waals surface area contributed by atoms with Crippen LogP contribution in [0.1, 0.15) is 29.2 Å². The zero-order valence-electron chi connectivity index (χ0n) is 11.1. The number of aromatic nitrogens is 1. The number of hydrogen-bond acceptors (Lipinski definition) is 4. The molecule has 1 amide bonds. The minimum absolute atomic E-state index is 0.137. The van der Waals surface area contributed by atoms with Crippen molar-refractivity contribution in [2.24, 2.45) is 0 Å². The number of amides is 1. The van der Waals surface area contributed by atoms with Crippen LogP contribution in [0.25, 0.3) is 0 Å². The lowest BCUT2D eigenvalue weighted by Gasteiger charge is -2.10. The predicted octanol–water partition coefficient (Wildman–Crippen LogP) is 3.49. The molecule has 0 saturated carbocycles. The Kier molecular flexibility index (Phi) is 4.16. The van der Waals surface area contributed by atoms with Crippen LogP contribution >= 0.6 is 11.3 Å². The average molecular weight is 276 g/mol. The van der Waals surface area contributed by atoms with Crippen molar-refractivity contribution >= 4 is 22.9 Å². The van der Waals surface area contributed by atoms with Gasteiger partial charge in [0.15, 0.2) is 0 Å². The maximum Gasteiger partial charge on any atom is 0.275 e. The number of hydrogen-bond donors (Lipinski definition) is 1. The summed E-state index contributed by atoms with van der Waals surface area (Å²) in [5.41, 5.74) is 2.88. The van der Waals surface area contributed by atoms with E-state index in [2.05, 4.69) is 10.3 Å². The third-order valence-electron chi connectivity index (χ3n) is 2.44. The van der Waals surface area contributed by atoms with Gasteiger partial charge in [-0.3, -0.25) is 4.79 Å². The zero-order valence-corrected chi connectivity index (χ0v) is 12.0. The second-order valence-corrected chi connectivity index (χ2v) is 5.46. The van der Waals surface area contributed by atoms with Crippen LogP contribution in [0.3, 0.4) is 0 Å². The molecule has 0 saturated heterocycles. The topological polar surface area (TPSA) is 51.2 Å². The highest BCUT2D eigenvalue weighted by Crippen LogP contribution is 2.18. The van der Waals surface area contributed by atoms with E-state index < -0.39 is 0 Å². The monoisotopic (exact) mass is 276 g/mol. The molecule has 19 heavy (non-hydrogen) atoms. The molecule has 0 bridgehead atoms. The van der Waals surface area contributed by atoms with Gasteiger partial charge < -0.3 is 10.1 Å². The molecule has 0 fully saturated rings. The molecule has 1 N–H and O–H groups in total. The highest BCUT2D eigenvalue weighted by molar-refractivity contribution is 7.09. The maximum absolute atomic E-state index is 12.0. The summed E-state index contributed by atoms with van der Waals surface area (Å²) in [5, 5.41) is 2.82. The van der Waals surface area contributed by atoms with E-state index in [1.54, 1.807) is 5.51 Å². The van der Waals surface area contributed by atoms with Crippen LogP contribution in [0.5, 0.6) is 5.75 Å². The molecule has 0 aliphatic carbocycles. The number of nitrogens with one attached hydrogen (secondary N) is 1. The van der Waals surface area contributed by atoms with Crippen LogP contribution in [0.15, 0.2) is 29.8 Å². The Hall–Kier alpha value is -1.88. The Labute approximate surface area is 116 Å². The molecule has 0 unspecified atom stereocenters. The van der Waals surface area contributed by atoms with Crippen molar-refractivity contribution in [2.75, 3.05) is 5.32 Å². The Bertz CT molecular complexity index is 561. The van der Waals surface area contributed by atoms with Gasteiger partial charge in [-0.1, -0.05) is 0 Å². The van der Waals surface area contributed by atoms with Crippen LogP contribution in [0.2, 0.25) is 0 Å². The van der Waals surface area contributed by atoms with Crippen LogP contribution < -0.4 is 10.1 Å². The number of carbonyl (C=O) groups excluding carboxylic acids is 1. The first kappa shape index (κ1) is 13.5. The number of ether oxygens (including phenoxy) is 1. The molecule has 2 aromatic rings. The molecule has 100 valence electrons. The summed E-state index contributed by atoms with van der Waals surface area (Å²) < 4.78 is 5.54. The van der Waals surface area contributed by atoms with Gasteiger partial charge in [-0.15, -0.1) is 11.3 Å². The molecule has 0 aliphatic rings. The SMILES string of the molecule is Cc1scnc1C(=O)Nc1ccc(OC(C)C)cc1. The first-order chi connectivity index (χ1) is 9.06. The molecule has 0 radical (unpaired) electrons. The van der Waals surface area contributed by atoms with Crippen molar-refractivity contribution in [1.29, 1.82) is 0 Å². The normalized spacial score (nSPS) is 10.5. The van der Waals surface area contributed by atoms with Gasteiger partial charge in [-0.2, -0.15) is 0 Å². The summed E-state index contributed by atoms with van der Waals surface area (Å²) in [6, 6.07) is 7.31. The molecule has 4 nitrogen and oxygen atoms in total. The van der Waals surface area contributed by atoms with E-state index >= 15 is 0 Å². The van der Waals surface area contributed by atoms with E-state index in [9.17, 15) is 4.79 Å². The van der Waals surface area contributed by atoms with Gasteiger partial charge in [0, 0.05) is 10.6 Å². The molecule has 0 spiro atoms. The maximum atomic E-state index is 12.0. The minimum Gasteiger partial charge on any atom is -0.491 e. The molecule has 5 heteroatoms. The molecular weight excluding hydrogens is 260 g/mol. The fraction of sp³-hybridized carbons (Fsp3) is 0.286. The summed E-state index contributed by atoms with van der Waals surface area (Å²) in [6.45, 7) is 5.83. The van der Waals surface area contributed by atoms with Gasteiger partial charge in [0.2, 0.25) is 0 Å². The third kappa shape index (κ3) is 3.54. The minimum atomic E-state index is -0.184. The number of carbonyl (C=O) groups is 1. The van der Waals surface area contributed by atoms with Gasteiger partial charge >= 0.3 is 0 Å². The van der Waals surface area contributed by atoms with Gasteiger partial charge in [0.25, 0.3) is 5.91 Å². The smallest absolute Gasteiger partial charge is 0.275 e. The van der Waals surface area contributed by atoms with E-state index in [4.69, 9.17) is 4.74 Å². The summed E-state index contributed by atoms with van der Waals surface area (Å²) >= 11 is 1.46. The first-order valence-corrected chi connectivity index (χ1v) is 6.92. The summed E-state index contributed by atoms with van der Waals surface area (Å²) in [6.07, 6.45) is 0.137. The highest BCUT2D eigenvalue weighted by Gasteiger charge is 2.11. The van der Waals surface area contributed by atoms with Crippen LogP contribution in [-0.4, -0.2) is 17.0 Å². The lowest BCUT2D eigenvalue weighted by atomic mass is 10.3. The highest BCUT2D eigenvalue weighted by atomic mass is 32.1. The number of nitrogens with zero attached hydrogens (tertiary/aromatic N) is 1. The molecule has 1 aromatic heterocycles. The van der Waals surface area contributed by atoms with Crippen molar-refractivity contribution < 1.29 is 9.53 Å². The summed E-state index contributed by atoms with van der Waals surface area (Å²) in [4.78, 5) is 16.9. The van der Waals surface area contributed by atoms with Crippen molar-refractivity contribution in [3.8, 4) is 5.75 Å². The number of aryl methyl sites for hydroxylation is 1. The van der Waals surface area contributed by atoms with Crippen LogP contribution in [0, 0.1) is 6.92 Å². The van der Waals surface area contributed by atoms with Crippen molar-refractivity contribution in [3.63, 3.8) is 0 Å². The first-order valence-electron chi connectivity index (χ1n) is 6.04. The average Bonchev–Trinajstić information content (AvgIpc) is 2.77. The third-order valence-corrected chi connectivity index (χ3v) is 3.20. The zero-order chi connectivity index (χ0) is 13.8. The van der Waals surface area contributed by atoms with E-state index in [0.717, 1.165) is 16.3 Å². The Balaban J connectivity index is 2.04. The molecular formula is C14H16N2O2S. The molecule has 2 rings (SSSR count). The number of thiazole rings is 1. The van der Waals surface area contributed by atoms with E-state index in [1.165, 1.54) is 11.3 Å². The Morgan fingerprint density at radius 3 is 2.53 bits per heavy atom. The van der Waals surface area contributed by atoms with E-state index in [-0.39, 0.29) is 12.0 Å². The molecule has 0 aliphatic heterocycles. The summed E-state index contributed by atoms with van der Waals surface area (Å²) in [5.74, 6) is 0.606. The van der Waals surface area contributed by atoms with Crippen molar-refractivity contribution in [3.05, 3.63) is 40.3 Å². The number of benzene rings is 1. The largest absolute Gasteiger partial charge is 0.491 e. The van der Waals surface area contributed by atoms with Gasteiger partial charge in [0.05, 0.1) is 11.6 Å². The molecule has 1 aromatic carbocycles. The fourth-order valence-electron chi connectivity index (χ4n) is 1.60. The van der Waals surface area contributed by atoms with E-state index in [1.807, 2.05) is 45.0 Å². The fourth-order valence-corrected chi connectivity index (χ4v) is 2.18. The second kappa shape index (κ2) is 5.84. The molecule has 1 heterocycles. The summed E-state index contributed by atoms with van der Waals surface area (Å²) in [7, 11) is 0. The predicted molar refractivity (Wildman–Crippen MR) is 77.0 cm³/mol. The second-order valence-electron chi connectivity index (χ2n) is 4.40. The van der Waals surface area contributed by atoms with E-state index in [0.29, 0.717) is 5.69 Å². The Morgan fingerprint density at radius 2 is 2.00 bits per heavy atom. The van der Waals surface area contributed by atoms with Crippen molar-refractivity contribution in [2.45, 2.75) is 26.9 Å². The van der Waals surface area contributed by atoms with Gasteiger partial charge in [0.1, 0.15) is 11.4 Å². The quantitative estimate of drug-likeness (QED) is 0.930. The van der Waals surface area contributed by atoms with Crippen molar-refractivity contribution in [1.82, 2.24) is 4.98 Å². The van der Waals surface area contributed by atoms with Crippen LogP contribution in [0.4, 0.5) is 5.69 Å². The molecule has 0 atom stereocenters. The standard InChI is InChI=1S/C14H16N2O2S/c1-9(2)18-12-6-4-11(5-7-12)16-14(17)13-10(3)19-8-15-13/h4-9H,1-3H3,(H,16,17). The lowest BCUT2D eigenvalue weighted by Crippen LogP contribution is -2.13. The van der Waals surface area contributed by atoms with Gasteiger partial charge in [-0.25, -0.2) is 4.98 Å². The van der Waals surface area contributed by atoms with Gasteiger partial charge in [-0.05, 0) is 45.0 Å². The number of rotatable bonds is 4. The number of anilines is 1. The van der Waals surface area contributed by atoms with Crippen LogP contribution in [-0.2, 0) is 0 Å².